The molecule has 1 aromatic heterocycles. The Morgan fingerprint density at radius 2 is 1.85 bits per heavy atom. The van der Waals surface area contributed by atoms with E-state index in [9.17, 15) is 14.4 Å². The molecule has 0 saturated carbocycles. The normalized spacial score (nSPS) is 11.7. The maximum absolute atomic E-state index is 13.7. The van der Waals surface area contributed by atoms with Crippen molar-refractivity contribution in [1.82, 2.24) is 14.8 Å². The van der Waals surface area contributed by atoms with Crippen LogP contribution < -0.4 is 0 Å². The maximum atomic E-state index is 13.7. The van der Waals surface area contributed by atoms with Gasteiger partial charge in [0, 0.05) is 19.0 Å². The molecule has 1 atom stereocenters. The van der Waals surface area contributed by atoms with Crippen LogP contribution in [0.5, 0.6) is 0 Å². The first kappa shape index (κ1) is 17.5. The molecule has 0 fully saturated rings. The lowest BCUT2D eigenvalue weighted by Gasteiger charge is -2.09. The molecule has 0 radical (unpaired) electrons. The second kappa shape index (κ2) is 7.70. The number of aryl methyl sites for hydroxylation is 1. The molecular weight excluding hydrogens is 331 g/mol. The van der Waals surface area contributed by atoms with Crippen LogP contribution in [0.4, 0.5) is 4.39 Å². The fraction of sp³-hybridized carbons (Fsp3) is 0.200. The summed E-state index contributed by atoms with van der Waals surface area (Å²) >= 11 is 0. The average molecular weight is 348 g/mol. The Hall–Kier alpha value is -3.33. The van der Waals surface area contributed by atoms with E-state index in [4.69, 9.17) is 0 Å². The number of Topliss-reactive ketones (excluding diaryl/α,β-unsaturated/α-hetero) is 1. The van der Waals surface area contributed by atoms with Crippen molar-refractivity contribution < 1.29 is 9.18 Å². The Kier molecular flexibility index (Phi) is 5.18. The number of aromatic nitrogens is 3. The van der Waals surface area contributed by atoms with Gasteiger partial charge in [-0.25, -0.2) is 4.39 Å². The van der Waals surface area contributed by atoms with Gasteiger partial charge in [0.25, 0.3) is 0 Å². The third-order valence-corrected chi connectivity index (χ3v) is 4.25. The highest BCUT2D eigenvalue weighted by Gasteiger charge is 2.26. The van der Waals surface area contributed by atoms with Crippen LogP contribution in [0.3, 0.4) is 0 Å². The van der Waals surface area contributed by atoms with Crippen molar-refractivity contribution in [3.63, 3.8) is 0 Å². The van der Waals surface area contributed by atoms with Crippen LogP contribution in [0.2, 0.25) is 0 Å². The van der Waals surface area contributed by atoms with Crippen molar-refractivity contribution in [3.05, 3.63) is 71.8 Å². The summed E-state index contributed by atoms with van der Waals surface area (Å²) in [6.07, 6.45) is 0.305. The zero-order valence-electron chi connectivity index (χ0n) is 14.3. The Labute approximate surface area is 150 Å². The smallest absolute Gasteiger partial charge is 0.164 e. The van der Waals surface area contributed by atoms with E-state index in [0.717, 1.165) is 5.56 Å². The summed E-state index contributed by atoms with van der Waals surface area (Å²) in [5.74, 6) is -0.797. The largest absolute Gasteiger partial charge is 0.313 e. The lowest BCUT2D eigenvalue weighted by molar-refractivity contribution is -0.119. The third-order valence-electron chi connectivity index (χ3n) is 4.25. The van der Waals surface area contributed by atoms with Crippen molar-refractivity contribution in [3.8, 4) is 17.5 Å². The highest BCUT2D eigenvalue weighted by Crippen LogP contribution is 2.23. The molecule has 2 aromatic carbocycles. The predicted molar refractivity (Wildman–Crippen MR) is 94.5 cm³/mol. The summed E-state index contributed by atoms with van der Waals surface area (Å²) in [4.78, 5) is 12.5. The molecular formula is C20H17FN4O. The van der Waals surface area contributed by atoms with Gasteiger partial charge in [0.1, 0.15) is 5.82 Å². The number of benzene rings is 2. The highest BCUT2D eigenvalue weighted by molar-refractivity contribution is 5.87. The molecule has 0 aliphatic rings. The third kappa shape index (κ3) is 3.52. The van der Waals surface area contributed by atoms with E-state index in [1.165, 1.54) is 6.07 Å². The van der Waals surface area contributed by atoms with Gasteiger partial charge in [-0.3, -0.25) is 4.79 Å². The van der Waals surface area contributed by atoms with Gasteiger partial charge < -0.3 is 4.57 Å². The second-order valence-corrected chi connectivity index (χ2v) is 5.93. The fourth-order valence-corrected chi connectivity index (χ4v) is 2.81. The number of hydrogen-bond donors (Lipinski definition) is 0. The van der Waals surface area contributed by atoms with E-state index >= 15 is 0 Å². The molecule has 130 valence electrons. The van der Waals surface area contributed by atoms with Crippen molar-refractivity contribution >= 4 is 5.78 Å². The van der Waals surface area contributed by atoms with E-state index in [0.29, 0.717) is 17.2 Å². The maximum Gasteiger partial charge on any atom is 0.164 e. The molecule has 0 bridgehead atoms. The van der Waals surface area contributed by atoms with Gasteiger partial charge in [-0.2, -0.15) is 5.26 Å². The molecule has 1 heterocycles. The molecule has 0 aliphatic heterocycles. The summed E-state index contributed by atoms with van der Waals surface area (Å²) in [6.45, 7) is 0. The molecule has 0 unspecified atom stereocenters. The number of ketones is 1. The molecule has 0 spiro atoms. The highest BCUT2D eigenvalue weighted by atomic mass is 19.1. The summed E-state index contributed by atoms with van der Waals surface area (Å²) in [5, 5.41) is 17.7. The molecule has 0 amide bonds. The Morgan fingerprint density at radius 3 is 2.54 bits per heavy atom. The van der Waals surface area contributed by atoms with Crippen LogP contribution in [-0.2, 0) is 18.3 Å². The quantitative estimate of drug-likeness (QED) is 0.684. The molecule has 6 heteroatoms. The van der Waals surface area contributed by atoms with Crippen LogP contribution in [0.1, 0.15) is 23.7 Å². The minimum atomic E-state index is -1.03. The van der Waals surface area contributed by atoms with Crippen LogP contribution in [0, 0.1) is 17.1 Å². The summed E-state index contributed by atoms with van der Waals surface area (Å²) in [6, 6.07) is 17.7. The van der Waals surface area contributed by atoms with Gasteiger partial charge >= 0.3 is 0 Å². The summed E-state index contributed by atoms with van der Waals surface area (Å²) in [7, 11) is 1.73. The molecule has 3 rings (SSSR count). The lowest BCUT2D eigenvalue weighted by atomic mass is 9.98. The van der Waals surface area contributed by atoms with Gasteiger partial charge in [0.05, 0.1) is 6.07 Å². The average Bonchev–Trinajstić information content (AvgIpc) is 3.04. The first-order valence-electron chi connectivity index (χ1n) is 8.22. The minimum Gasteiger partial charge on any atom is -0.313 e. The minimum absolute atomic E-state index is 0.0622. The lowest BCUT2D eigenvalue weighted by Crippen LogP contribution is -2.16. The first-order valence-corrected chi connectivity index (χ1v) is 8.22. The predicted octanol–water partition coefficient (Wildman–Crippen LogP) is 3.43. The Bertz CT molecular complexity index is 959. The van der Waals surface area contributed by atoms with Crippen LogP contribution >= 0.6 is 0 Å². The topological polar surface area (TPSA) is 71.6 Å². The van der Waals surface area contributed by atoms with E-state index in [2.05, 4.69) is 10.2 Å². The van der Waals surface area contributed by atoms with Gasteiger partial charge in [-0.1, -0.05) is 48.5 Å². The van der Waals surface area contributed by atoms with Gasteiger partial charge in [-0.05, 0) is 18.1 Å². The van der Waals surface area contributed by atoms with Crippen LogP contribution in [-0.4, -0.2) is 20.5 Å². The fourth-order valence-electron chi connectivity index (χ4n) is 2.81. The van der Waals surface area contributed by atoms with Crippen LogP contribution in [0.25, 0.3) is 11.4 Å². The van der Waals surface area contributed by atoms with E-state index < -0.39 is 5.92 Å². The van der Waals surface area contributed by atoms with Gasteiger partial charge in [0.15, 0.2) is 23.3 Å². The number of hydrogen-bond acceptors (Lipinski definition) is 4. The van der Waals surface area contributed by atoms with Gasteiger partial charge in [-0.15, -0.1) is 10.2 Å². The van der Waals surface area contributed by atoms with E-state index in [1.807, 2.05) is 36.4 Å². The Balaban J connectivity index is 1.79. The summed E-state index contributed by atoms with van der Waals surface area (Å²) in [5.41, 5.74) is 1.31. The number of nitriles is 1. The number of carbonyl (C=O) groups excluding carboxylic acids is 1. The van der Waals surface area contributed by atoms with Crippen LogP contribution in [0.15, 0.2) is 54.6 Å². The number of carbonyl (C=O) groups is 1. The second-order valence-electron chi connectivity index (χ2n) is 5.93. The molecule has 0 saturated heterocycles. The SMILES string of the molecule is Cn1c(-c2ccccc2)nnc1[C@H](C#N)C(=O)CCc1ccccc1F. The van der Waals surface area contributed by atoms with E-state index in [-0.39, 0.29) is 24.4 Å². The zero-order chi connectivity index (χ0) is 18.5. The summed E-state index contributed by atoms with van der Waals surface area (Å²) < 4.78 is 15.4. The number of halogens is 1. The molecule has 5 nitrogen and oxygen atoms in total. The van der Waals surface area contributed by atoms with Crippen molar-refractivity contribution in [2.24, 2.45) is 7.05 Å². The van der Waals surface area contributed by atoms with Crippen molar-refractivity contribution in [2.75, 3.05) is 0 Å². The molecule has 0 aliphatic carbocycles. The first-order chi connectivity index (χ1) is 12.6. The standard InChI is InChI=1S/C20H17FN4O/c1-25-19(15-8-3-2-4-9-15)23-24-20(25)16(13-22)18(26)12-11-14-7-5-6-10-17(14)21/h2-10,16H,11-12H2,1H3/t16-/m1/s1. The molecule has 0 N–H and O–H groups in total. The van der Waals surface area contributed by atoms with E-state index in [1.54, 1.807) is 29.8 Å². The zero-order valence-corrected chi connectivity index (χ0v) is 14.3. The molecule has 3 aromatic rings. The van der Waals surface area contributed by atoms with Crippen molar-refractivity contribution in [2.45, 2.75) is 18.8 Å². The van der Waals surface area contributed by atoms with Crippen molar-refractivity contribution in [1.29, 1.82) is 5.26 Å². The van der Waals surface area contributed by atoms with Gasteiger partial charge in [0.2, 0.25) is 0 Å². The molecule has 26 heavy (non-hydrogen) atoms. The monoisotopic (exact) mass is 348 g/mol. The Morgan fingerprint density at radius 1 is 1.15 bits per heavy atom. The number of nitrogens with zero attached hydrogens (tertiary/aromatic N) is 4. The number of rotatable bonds is 6.